The van der Waals surface area contributed by atoms with Crippen molar-refractivity contribution in [2.75, 3.05) is 19.8 Å². The Balaban J connectivity index is 1.64. The van der Waals surface area contributed by atoms with Gasteiger partial charge in [-0.3, -0.25) is 0 Å². The lowest BCUT2D eigenvalue weighted by Gasteiger charge is -2.27. The molecule has 0 aromatic heterocycles. The normalized spacial score (nSPS) is 27.5. The van der Waals surface area contributed by atoms with Gasteiger partial charge in [-0.15, -0.1) is 0 Å². The molecule has 2 aliphatic rings. The second kappa shape index (κ2) is 4.40. The first-order chi connectivity index (χ1) is 6.36. The van der Waals surface area contributed by atoms with Gasteiger partial charge in [0.05, 0.1) is 0 Å². The molecule has 3 N–H and O–H groups in total. The minimum atomic E-state index is 0.337. The highest BCUT2D eigenvalue weighted by molar-refractivity contribution is 4.85. The average Bonchev–Trinajstić information content (AvgIpc) is 2.99. The first kappa shape index (κ1) is 9.44. The van der Waals surface area contributed by atoms with Gasteiger partial charge in [0, 0.05) is 31.8 Å². The van der Waals surface area contributed by atoms with Crippen LogP contribution in [0.4, 0.5) is 0 Å². The van der Waals surface area contributed by atoms with E-state index in [1.54, 1.807) is 0 Å². The van der Waals surface area contributed by atoms with Crippen LogP contribution in [0, 0.1) is 5.92 Å². The van der Waals surface area contributed by atoms with E-state index < -0.39 is 0 Å². The van der Waals surface area contributed by atoms with E-state index in [4.69, 9.17) is 10.5 Å². The molecule has 0 aromatic rings. The molecule has 1 saturated carbocycles. The number of rotatable bonds is 4. The van der Waals surface area contributed by atoms with Gasteiger partial charge in [-0.1, -0.05) is 0 Å². The standard InChI is InChI=1S/C10H20N2O/c11-10(7-12-9-1-2-9)8-3-5-13-6-4-8/h8-10,12H,1-7,11H2. The second-order valence-electron chi connectivity index (χ2n) is 4.30. The van der Waals surface area contributed by atoms with Crippen molar-refractivity contribution in [3.8, 4) is 0 Å². The van der Waals surface area contributed by atoms with Crippen LogP contribution < -0.4 is 11.1 Å². The monoisotopic (exact) mass is 184 g/mol. The highest BCUT2D eigenvalue weighted by atomic mass is 16.5. The average molecular weight is 184 g/mol. The first-order valence-corrected chi connectivity index (χ1v) is 5.43. The minimum absolute atomic E-state index is 0.337. The molecule has 2 rings (SSSR count). The molecular weight excluding hydrogens is 164 g/mol. The van der Waals surface area contributed by atoms with Crippen molar-refractivity contribution in [3.05, 3.63) is 0 Å². The largest absolute Gasteiger partial charge is 0.381 e. The summed E-state index contributed by atoms with van der Waals surface area (Å²) in [5.74, 6) is 0.681. The number of ether oxygens (including phenoxy) is 1. The molecule has 0 radical (unpaired) electrons. The Morgan fingerprint density at radius 3 is 2.54 bits per heavy atom. The van der Waals surface area contributed by atoms with Crippen molar-refractivity contribution in [3.63, 3.8) is 0 Å². The van der Waals surface area contributed by atoms with Gasteiger partial charge in [-0.05, 0) is 31.6 Å². The van der Waals surface area contributed by atoms with Crippen LogP contribution >= 0.6 is 0 Å². The number of nitrogens with two attached hydrogens (primary N) is 1. The third-order valence-corrected chi connectivity index (χ3v) is 3.09. The zero-order valence-corrected chi connectivity index (χ0v) is 8.17. The third-order valence-electron chi connectivity index (χ3n) is 3.09. The van der Waals surface area contributed by atoms with Gasteiger partial charge in [-0.2, -0.15) is 0 Å². The predicted octanol–water partition coefficient (Wildman–Crippen LogP) is 0.492. The first-order valence-electron chi connectivity index (χ1n) is 5.43. The summed E-state index contributed by atoms with van der Waals surface area (Å²) in [7, 11) is 0. The second-order valence-corrected chi connectivity index (χ2v) is 4.30. The van der Waals surface area contributed by atoms with Crippen LogP contribution in [-0.4, -0.2) is 31.8 Å². The Bertz CT molecular complexity index is 153. The fourth-order valence-corrected chi connectivity index (χ4v) is 1.90. The quantitative estimate of drug-likeness (QED) is 0.668. The molecule has 1 unspecified atom stereocenters. The molecule has 1 aliphatic heterocycles. The predicted molar refractivity (Wildman–Crippen MR) is 52.5 cm³/mol. The van der Waals surface area contributed by atoms with Crippen LogP contribution in [0.5, 0.6) is 0 Å². The number of nitrogens with one attached hydrogen (secondary N) is 1. The van der Waals surface area contributed by atoms with E-state index in [0.29, 0.717) is 12.0 Å². The van der Waals surface area contributed by atoms with Crippen molar-refractivity contribution in [1.82, 2.24) is 5.32 Å². The summed E-state index contributed by atoms with van der Waals surface area (Å²) in [6, 6.07) is 1.12. The molecule has 3 heteroatoms. The van der Waals surface area contributed by atoms with E-state index >= 15 is 0 Å². The van der Waals surface area contributed by atoms with Crippen molar-refractivity contribution >= 4 is 0 Å². The number of hydrogen-bond acceptors (Lipinski definition) is 3. The minimum Gasteiger partial charge on any atom is -0.381 e. The fraction of sp³-hybridized carbons (Fsp3) is 1.00. The Hall–Kier alpha value is -0.120. The van der Waals surface area contributed by atoms with Crippen molar-refractivity contribution in [2.24, 2.45) is 11.7 Å². The van der Waals surface area contributed by atoms with E-state index in [-0.39, 0.29) is 0 Å². The summed E-state index contributed by atoms with van der Waals surface area (Å²) < 4.78 is 5.31. The van der Waals surface area contributed by atoms with Gasteiger partial charge >= 0.3 is 0 Å². The van der Waals surface area contributed by atoms with Gasteiger partial charge in [0.2, 0.25) is 0 Å². The zero-order valence-electron chi connectivity index (χ0n) is 8.17. The van der Waals surface area contributed by atoms with Gasteiger partial charge in [0.25, 0.3) is 0 Å². The summed E-state index contributed by atoms with van der Waals surface area (Å²) in [6.45, 7) is 2.80. The molecule has 0 spiro atoms. The van der Waals surface area contributed by atoms with Gasteiger partial charge in [0.1, 0.15) is 0 Å². The van der Waals surface area contributed by atoms with Crippen LogP contribution in [0.15, 0.2) is 0 Å². The summed E-state index contributed by atoms with van der Waals surface area (Å²) in [5, 5.41) is 3.49. The molecule has 2 fully saturated rings. The molecule has 13 heavy (non-hydrogen) atoms. The maximum Gasteiger partial charge on any atom is 0.0469 e. The molecule has 76 valence electrons. The Labute approximate surface area is 80.0 Å². The van der Waals surface area contributed by atoms with E-state index in [9.17, 15) is 0 Å². The highest BCUT2D eigenvalue weighted by Gasteiger charge is 2.24. The number of hydrogen-bond donors (Lipinski definition) is 2. The zero-order chi connectivity index (χ0) is 9.10. The van der Waals surface area contributed by atoms with E-state index in [2.05, 4.69) is 5.32 Å². The van der Waals surface area contributed by atoms with Crippen LogP contribution in [0.2, 0.25) is 0 Å². The molecule has 1 atom stereocenters. The summed E-state index contributed by atoms with van der Waals surface area (Å²) in [5.41, 5.74) is 6.11. The lowest BCUT2D eigenvalue weighted by Crippen LogP contribution is -2.42. The maximum absolute atomic E-state index is 6.11. The lowest BCUT2D eigenvalue weighted by atomic mass is 9.92. The summed E-state index contributed by atoms with van der Waals surface area (Å²) >= 11 is 0. The molecule has 0 amide bonds. The van der Waals surface area contributed by atoms with Crippen LogP contribution in [0.3, 0.4) is 0 Å². The summed E-state index contributed by atoms with van der Waals surface area (Å²) in [6.07, 6.45) is 4.99. The molecule has 0 bridgehead atoms. The Morgan fingerprint density at radius 2 is 1.92 bits per heavy atom. The molecule has 3 nitrogen and oxygen atoms in total. The molecule has 1 aliphatic carbocycles. The molecule has 1 saturated heterocycles. The highest BCUT2D eigenvalue weighted by Crippen LogP contribution is 2.20. The molecule has 0 aromatic carbocycles. The van der Waals surface area contributed by atoms with E-state index in [1.807, 2.05) is 0 Å². The topological polar surface area (TPSA) is 47.3 Å². The van der Waals surface area contributed by atoms with Gasteiger partial charge < -0.3 is 15.8 Å². The third kappa shape index (κ3) is 2.93. The Morgan fingerprint density at radius 1 is 1.23 bits per heavy atom. The van der Waals surface area contributed by atoms with Gasteiger partial charge in [0.15, 0.2) is 0 Å². The van der Waals surface area contributed by atoms with E-state index in [0.717, 1.165) is 38.6 Å². The lowest BCUT2D eigenvalue weighted by molar-refractivity contribution is 0.0584. The van der Waals surface area contributed by atoms with Crippen molar-refractivity contribution in [1.29, 1.82) is 0 Å². The molecule has 1 heterocycles. The molecular formula is C10H20N2O. The smallest absolute Gasteiger partial charge is 0.0469 e. The Kier molecular flexibility index (Phi) is 3.19. The summed E-state index contributed by atoms with van der Waals surface area (Å²) in [4.78, 5) is 0. The van der Waals surface area contributed by atoms with E-state index in [1.165, 1.54) is 12.8 Å². The van der Waals surface area contributed by atoms with Crippen LogP contribution in [0.1, 0.15) is 25.7 Å². The van der Waals surface area contributed by atoms with Crippen molar-refractivity contribution < 1.29 is 4.74 Å². The van der Waals surface area contributed by atoms with Crippen LogP contribution in [0.25, 0.3) is 0 Å². The van der Waals surface area contributed by atoms with Crippen molar-refractivity contribution in [2.45, 2.75) is 37.8 Å². The van der Waals surface area contributed by atoms with Crippen LogP contribution in [-0.2, 0) is 4.74 Å². The maximum atomic E-state index is 6.11. The van der Waals surface area contributed by atoms with Gasteiger partial charge in [-0.25, -0.2) is 0 Å². The SMILES string of the molecule is NC(CNC1CC1)C1CCOCC1. The fourth-order valence-electron chi connectivity index (χ4n) is 1.90.